The topological polar surface area (TPSA) is 85.4 Å². The molecule has 0 aromatic heterocycles. The Labute approximate surface area is 136 Å². The van der Waals surface area contributed by atoms with Crippen LogP contribution >= 0.6 is 11.9 Å². The lowest BCUT2D eigenvalue weighted by atomic mass is 10.0. The Hall–Kier alpha value is -1.40. The van der Waals surface area contributed by atoms with Gasteiger partial charge in [-0.05, 0) is 47.1 Å². The Balaban J connectivity index is 0.00000176. The fourth-order valence-electron chi connectivity index (χ4n) is 2.97. The molecule has 0 radical (unpaired) electrons. The third-order valence-corrected chi connectivity index (χ3v) is 4.46. The Morgan fingerprint density at radius 3 is 2.95 bits per heavy atom. The van der Waals surface area contributed by atoms with Crippen LogP contribution in [-0.2, 0) is 12.8 Å². The summed E-state index contributed by atoms with van der Waals surface area (Å²) in [5, 5.41) is 0. The van der Waals surface area contributed by atoms with Gasteiger partial charge in [0.15, 0.2) is 0 Å². The number of hydrogen-bond donors (Lipinski definition) is 3. The van der Waals surface area contributed by atoms with Crippen molar-refractivity contribution in [3.8, 4) is 0 Å². The van der Waals surface area contributed by atoms with Crippen molar-refractivity contribution in [1.82, 2.24) is 10.9 Å². The molecule has 0 saturated carbocycles. The Bertz CT molecular complexity index is 648. The molecule has 1 unspecified atom stereocenters. The zero-order chi connectivity index (χ0) is 14.9. The van der Waals surface area contributed by atoms with E-state index in [0.29, 0.717) is 0 Å². The van der Waals surface area contributed by atoms with Crippen molar-refractivity contribution in [1.29, 1.82) is 0 Å². The normalized spacial score (nSPS) is 22.1. The van der Waals surface area contributed by atoms with Gasteiger partial charge in [-0.1, -0.05) is 43.5 Å². The maximum Gasteiger partial charge on any atom is 0.133 e. The maximum absolute atomic E-state index is 6.23. The summed E-state index contributed by atoms with van der Waals surface area (Å²) in [5.74, 6) is 0. The molecule has 1 aliphatic carbocycles. The molecular weight excluding hydrogens is 292 g/mol. The molecule has 0 bridgehead atoms. The summed E-state index contributed by atoms with van der Waals surface area (Å²) in [6.45, 7) is 2.22. The van der Waals surface area contributed by atoms with Crippen molar-refractivity contribution < 1.29 is 0 Å². The summed E-state index contributed by atoms with van der Waals surface area (Å²) < 4.78 is 3.17. The van der Waals surface area contributed by atoms with Crippen LogP contribution in [0.3, 0.4) is 0 Å². The van der Waals surface area contributed by atoms with Crippen molar-refractivity contribution in [3.05, 3.63) is 52.2 Å². The lowest BCUT2D eigenvalue weighted by Crippen LogP contribution is -2.48. The average Bonchev–Trinajstić information content (AvgIpc) is 3.04. The highest BCUT2D eigenvalue weighted by atomic mass is 32.2. The Morgan fingerprint density at radius 2 is 2.23 bits per heavy atom. The molecule has 1 atom stereocenters. The second kappa shape index (κ2) is 6.79. The quantitative estimate of drug-likeness (QED) is 0.575. The molecule has 22 heavy (non-hydrogen) atoms. The van der Waals surface area contributed by atoms with Crippen LogP contribution in [0.1, 0.15) is 30.0 Å². The molecule has 5 heteroatoms. The van der Waals surface area contributed by atoms with Crippen molar-refractivity contribution in [2.45, 2.75) is 31.8 Å². The van der Waals surface area contributed by atoms with Crippen LogP contribution in [-0.4, -0.2) is 18.1 Å². The number of benzene rings is 1. The minimum Gasteiger partial charge on any atom is -0.344 e. The van der Waals surface area contributed by atoms with Crippen molar-refractivity contribution in [2.24, 2.45) is 10.7 Å². The van der Waals surface area contributed by atoms with E-state index in [0.717, 1.165) is 18.5 Å². The van der Waals surface area contributed by atoms with Crippen LogP contribution in [0.4, 0.5) is 0 Å². The van der Waals surface area contributed by atoms with E-state index >= 15 is 0 Å². The first kappa shape index (κ1) is 17.0. The van der Waals surface area contributed by atoms with Gasteiger partial charge in [0.1, 0.15) is 5.66 Å². The molecule has 1 heterocycles. The van der Waals surface area contributed by atoms with E-state index in [-0.39, 0.29) is 6.15 Å². The maximum atomic E-state index is 6.23. The number of allylic oxidation sites excluding steroid dienone is 1. The van der Waals surface area contributed by atoms with Gasteiger partial charge in [0.2, 0.25) is 0 Å². The molecule has 0 saturated heterocycles. The van der Waals surface area contributed by atoms with Gasteiger partial charge in [-0.3, -0.25) is 4.99 Å². The highest BCUT2D eigenvalue weighted by Gasteiger charge is 2.27. The van der Waals surface area contributed by atoms with Crippen molar-refractivity contribution in [2.75, 3.05) is 6.26 Å². The zero-order valence-corrected chi connectivity index (χ0v) is 14.0. The SMILES string of the molecule is CCCc1cccc2c1C=C(C1=CC(N)(NSC)C=N1)C2.N. The largest absolute Gasteiger partial charge is 0.344 e. The molecule has 2 aliphatic rings. The second-order valence-electron chi connectivity index (χ2n) is 5.61. The number of hydrogen-bond acceptors (Lipinski definition) is 5. The first-order chi connectivity index (χ1) is 10.1. The molecular formula is C17H24N4S. The number of nitrogens with two attached hydrogens (primary N) is 1. The summed E-state index contributed by atoms with van der Waals surface area (Å²) >= 11 is 1.51. The molecule has 3 rings (SSSR count). The summed E-state index contributed by atoms with van der Waals surface area (Å²) in [5.41, 5.74) is 12.1. The lowest BCUT2D eigenvalue weighted by molar-refractivity contribution is 0.707. The highest BCUT2D eigenvalue weighted by molar-refractivity contribution is 7.96. The standard InChI is InChI=1S/C17H21N3S.H3N/c1-3-5-12-6-4-7-13-8-14(9-15(12)13)16-10-17(18,11-19-16)20-21-2;/h4,6-7,9-11,20H,3,5,8,18H2,1-2H3;1H3. The van der Waals surface area contributed by atoms with E-state index in [1.165, 1.54) is 40.6 Å². The smallest absolute Gasteiger partial charge is 0.133 e. The highest BCUT2D eigenvalue weighted by Crippen LogP contribution is 2.34. The molecule has 1 aromatic carbocycles. The number of nitrogens with one attached hydrogen (secondary N) is 1. The molecule has 0 amide bonds. The lowest BCUT2D eigenvalue weighted by Gasteiger charge is -2.17. The van der Waals surface area contributed by atoms with Crippen molar-refractivity contribution >= 4 is 24.2 Å². The molecule has 1 aliphatic heterocycles. The number of aryl methyl sites for hydroxylation is 1. The number of fused-ring (bicyclic) bond motifs is 1. The number of nitrogens with zero attached hydrogens (tertiary/aromatic N) is 1. The molecule has 0 spiro atoms. The molecule has 0 fully saturated rings. The van der Waals surface area contributed by atoms with Gasteiger partial charge in [0.05, 0.1) is 5.70 Å². The van der Waals surface area contributed by atoms with Gasteiger partial charge in [-0.25, -0.2) is 4.72 Å². The third kappa shape index (κ3) is 3.17. The first-order valence-electron chi connectivity index (χ1n) is 7.34. The van der Waals surface area contributed by atoms with Gasteiger partial charge in [0, 0.05) is 12.6 Å². The predicted molar refractivity (Wildman–Crippen MR) is 97.3 cm³/mol. The van der Waals surface area contributed by atoms with E-state index in [2.05, 4.69) is 40.9 Å². The number of rotatable bonds is 5. The van der Waals surface area contributed by atoms with E-state index in [9.17, 15) is 0 Å². The van der Waals surface area contributed by atoms with Gasteiger partial charge in [0.25, 0.3) is 0 Å². The number of aliphatic imine (C=N–C) groups is 1. The second-order valence-corrected chi connectivity index (χ2v) is 6.23. The zero-order valence-electron chi connectivity index (χ0n) is 13.2. The predicted octanol–water partition coefficient (Wildman–Crippen LogP) is 3.23. The Morgan fingerprint density at radius 1 is 1.41 bits per heavy atom. The van der Waals surface area contributed by atoms with Gasteiger partial charge < -0.3 is 11.9 Å². The van der Waals surface area contributed by atoms with E-state index < -0.39 is 5.66 Å². The van der Waals surface area contributed by atoms with E-state index in [4.69, 9.17) is 5.73 Å². The average molecular weight is 316 g/mol. The molecule has 4 nitrogen and oxygen atoms in total. The molecule has 118 valence electrons. The monoisotopic (exact) mass is 316 g/mol. The fraction of sp³-hybridized carbons (Fsp3) is 0.353. The minimum absolute atomic E-state index is 0. The third-order valence-electron chi connectivity index (χ3n) is 3.91. The van der Waals surface area contributed by atoms with Gasteiger partial charge >= 0.3 is 0 Å². The van der Waals surface area contributed by atoms with Crippen LogP contribution in [0.15, 0.2) is 40.5 Å². The fourth-order valence-corrected chi connectivity index (χ4v) is 3.44. The molecule has 6 N–H and O–H groups in total. The van der Waals surface area contributed by atoms with Crippen molar-refractivity contribution in [3.63, 3.8) is 0 Å². The minimum atomic E-state index is -0.628. The van der Waals surface area contributed by atoms with Crippen LogP contribution in [0, 0.1) is 0 Å². The first-order valence-corrected chi connectivity index (χ1v) is 8.56. The van der Waals surface area contributed by atoms with Gasteiger partial charge in [-0.2, -0.15) is 0 Å². The summed E-state index contributed by atoms with van der Waals surface area (Å²) in [7, 11) is 0. The van der Waals surface area contributed by atoms with Crippen LogP contribution < -0.4 is 16.6 Å². The summed E-state index contributed by atoms with van der Waals surface area (Å²) in [6, 6.07) is 6.61. The Kier molecular flexibility index (Phi) is 5.24. The van der Waals surface area contributed by atoms with Crippen LogP contribution in [0.25, 0.3) is 6.08 Å². The van der Waals surface area contributed by atoms with Crippen LogP contribution in [0.5, 0.6) is 0 Å². The van der Waals surface area contributed by atoms with Gasteiger partial charge in [-0.15, -0.1) is 0 Å². The van der Waals surface area contributed by atoms with E-state index in [1.807, 2.05) is 12.3 Å². The summed E-state index contributed by atoms with van der Waals surface area (Å²) in [6.07, 6.45) is 11.3. The summed E-state index contributed by atoms with van der Waals surface area (Å²) in [4.78, 5) is 4.52. The molecule has 1 aromatic rings. The van der Waals surface area contributed by atoms with Crippen LogP contribution in [0.2, 0.25) is 0 Å². The van der Waals surface area contributed by atoms with E-state index in [1.54, 1.807) is 6.21 Å².